The van der Waals surface area contributed by atoms with Gasteiger partial charge in [0.25, 0.3) is 0 Å². The van der Waals surface area contributed by atoms with E-state index in [1.54, 1.807) is 19.5 Å². The molecule has 0 saturated heterocycles. The molecule has 0 aliphatic carbocycles. The maximum absolute atomic E-state index is 5.70. The van der Waals surface area contributed by atoms with Crippen LogP contribution in [0.1, 0.15) is 11.6 Å². The van der Waals surface area contributed by atoms with Gasteiger partial charge in [0.05, 0.1) is 12.6 Å². The molecule has 0 spiro atoms. The Balaban J connectivity index is 2.61. The Morgan fingerprint density at radius 2 is 2.18 bits per heavy atom. The number of nitrogens with two attached hydrogens (primary N) is 1. The summed E-state index contributed by atoms with van der Waals surface area (Å²) in [6.07, 6.45) is 4.86. The van der Waals surface area contributed by atoms with E-state index in [1.165, 1.54) is 6.33 Å². The van der Waals surface area contributed by atoms with E-state index < -0.39 is 0 Å². The molecule has 0 saturated carbocycles. The van der Waals surface area contributed by atoms with Gasteiger partial charge in [-0.1, -0.05) is 0 Å². The van der Waals surface area contributed by atoms with Crippen molar-refractivity contribution in [2.75, 3.05) is 13.7 Å². The van der Waals surface area contributed by atoms with Crippen molar-refractivity contribution in [2.45, 2.75) is 6.04 Å². The van der Waals surface area contributed by atoms with E-state index >= 15 is 0 Å². The fraction of sp³-hybridized carbons (Fsp3) is 0.429. The van der Waals surface area contributed by atoms with Crippen LogP contribution in [-0.4, -0.2) is 23.7 Å². The zero-order valence-electron chi connectivity index (χ0n) is 6.40. The molecular weight excluding hydrogens is 142 g/mol. The molecule has 0 aromatic carbocycles. The van der Waals surface area contributed by atoms with Crippen LogP contribution in [0.5, 0.6) is 0 Å². The molecule has 1 heterocycles. The molecule has 11 heavy (non-hydrogen) atoms. The number of hydrogen-bond donors (Lipinski definition) is 1. The first-order valence-electron chi connectivity index (χ1n) is 3.34. The summed E-state index contributed by atoms with van der Waals surface area (Å²) in [6, 6.07) is -0.124. The number of ether oxygens (including phenoxy) is 1. The summed E-state index contributed by atoms with van der Waals surface area (Å²) in [6.45, 7) is 0.493. The van der Waals surface area contributed by atoms with Gasteiger partial charge in [-0.05, 0) is 0 Å². The minimum atomic E-state index is -0.124. The molecule has 60 valence electrons. The molecule has 4 heteroatoms. The molecule has 4 nitrogen and oxygen atoms in total. The second-order valence-corrected chi connectivity index (χ2v) is 2.23. The van der Waals surface area contributed by atoms with Gasteiger partial charge in [-0.2, -0.15) is 0 Å². The van der Waals surface area contributed by atoms with Crippen LogP contribution in [0.4, 0.5) is 0 Å². The Kier molecular flexibility index (Phi) is 2.95. The van der Waals surface area contributed by atoms with Crippen molar-refractivity contribution in [3.05, 3.63) is 24.3 Å². The maximum atomic E-state index is 5.70. The third-order valence-electron chi connectivity index (χ3n) is 1.35. The summed E-state index contributed by atoms with van der Waals surface area (Å²) in [5.41, 5.74) is 6.60. The molecule has 0 radical (unpaired) electrons. The minimum absolute atomic E-state index is 0.124. The highest BCUT2D eigenvalue weighted by Gasteiger charge is 2.03. The molecular formula is C7H11N3O. The molecule has 1 aromatic rings. The summed E-state index contributed by atoms with van der Waals surface area (Å²) in [5, 5.41) is 0. The monoisotopic (exact) mass is 153 g/mol. The zero-order valence-corrected chi connectivity index (χ0v) is 6.40. The molecule has 0 fully saturated rings. The van der Waals surface area contributed by atoms with E-state index in [9.17, 15) is 0 Å². The molecule has 1 atom stereocenters. The van der Waals surface area contributed by atoms with Crippen molar-refractivity contribution in [3.63, 3.8) is 0 Å². The lowest BCUT2D eigenvalue weighted by atomic mass is 10.2. The van der Waals surface area contributed by atoms with E-state index in [2.05, 4.69) is 9.97 Å². The fourth-order valence-corrected chi connectivity index (χ4v) is 0.778. The highest BCUT2D eigenvalue weighted by molar-refractivity contribution is 5.07. The Bertz CT molecular complexity index is 202. The Morgan fingerprint density at radius 1 is 1.55 bits per heavy atom. The van der Waals surface area contributed by atoms with E-state index in [0.29, 0.717) is 6.61 Å². The fourth-order valence-electron chi connectivity index (χ4n) is 0.778. The van der Waals surface area contributed by atoms with Gasteiger partial charge in [-0.3, -0.25) is 0 Å². The van der Waals surface area contributed by atoms with E-state index in [0.717, 1.165) is 5.56 Å². The Labute approximate surface area is 65.4 Å². The van der Waals surface area contributed by atoms with Gasteiger partial charge < -0.3 is 10.5 Å². The third-order valence-corrected chi connectivity index (χ3v) is 1.35. The molecule has 0 aliphatic heterocycles. The first-order chi connectivity index (χ1) is 5.34. The lowest BCUT2D eigenvalue weighted by molar-refractivity contribution is 0.180. The summed E-state index contributed by atoms with van der Waals surface area (Å²) >= 11 is 0. The van der Waals surface area contributed by atoms with Gasteiger partial charge in [0.2, 0.25) is 0 Å². The summed E-state index contributed by atoms with van der Waals surface area (Å²) < 4.78 is 4.88. The van der Waals surface area contributed by atoms with Crippen molar-refractivity contribution in [3.8, 4) is 0 Å². The molecule has 1 aromatic heterocycles. The van der Waals surface area contributed by atoms with Gasteiger partial charge in [-0.25, -0.2) is 9.97 Å². The second-order valence-electron chi connectivity index (χ2n) is 2.23. The van der Waals surface area contributed by atoms with Gasteiger partial charge in [0.1, 0.15) is 6.33 Å². The van der Waals surface area contributed by atoms with Crippen molar-refractivity contribution in [1.82, 2.24) is 9.97 Å². The van der Waals surface area contributed by atoms with Crippen LogP contribution in [-0.2, 0) is 4.74 Å². The lowest BCUT2D eigenvalue weighted by Gasteiger charge is -2.08. The molecule has 0 unspecified atom stereocenters. The van der Waals surface area contributed by atoms with E-state index in [1.807, 2.05) is 0 Å². The Morgan fingerprint density at radius 3 is 2.73 bits per heavy atom. The van der Waals surface area contributed by atoms with Crippen LogP contribution < -0.4 is 5.73 Å². The number of rotatable bonds is 3. The summed E-state index contributed by atoms with van der Waals surface area (Å²) in [5.74, 6) is 0. The first kappa shape index (κ1) is 8.10. The van der Waals surface area contributed by atoms with Gasteiger partial charge in [-0.15, -0.1) is 0 Å². The zero-order chi connectivity index (χ0) is 8.10. The molecule has 0 bridgehead atoms. The Hall–Kier alpha value is -1.00. The average Bonchev–Trinajstić information content (AvgIpc) is 2.07. The second kappa shape index (κ2) is 4.00. The van der Waals surface area contributed by atoms with Crippen molar-refractivity contribution in [1.29, 1.82) is 0 Å². The van der Waals surface area contributed by atoms with Gasteiger partial charge in [0, 0.05) is 25.1 Å². The quantitative estimate of drug-likeness (QED) is 0.670. The van der Waals surface area contributed by atoms with Crippen LogP contribution in [0.25, 0.3) is 0 Å². The van der Waals surface area contributed by atoms with Gasteiger partial charge >= 0.3 is 0 Å². The topological polar surface area (TPSA) is 61.0 Å². The van der Waals surface area contributed by atoms with Gasteiger partial charge in [0.15, 0.2) is 0 Å². The number of aromatic nitrogens is 2. The minimum Gasteiger partial charge on any atom is -0.383 e. The first-order valence-corrected chi connectivity index (χ1v) is 3.34. The standard InChI is InChI=1S/C7H11N3O/c1-11-4-7(8)6-2-9-5-10-3-6/h2-3,5,7H,4,8H2,1H3/t7-/m1/s1. The smallest absolute Gasteiger partial charge is 0.115 e. The lowest BCUT2D eigenvalue weighted by Crippen LogP contribution is -2.16. The molecule has 2 N–H and O–H groups in total. The largest absolute Gasteiger partial charge is 0.383 e. The molecule has 1 rings (SSSR count). The van der Waals surface area contributed by atoms with Crippen molar-refractivity contribution >= 4 is 0 Å². The van der Waals surface area contributed by atoms with Crippen LogP contribution >= 0.6 is 0 Å². The highest BCUT2D eigenvalue weighted by atomic mass is 16.5. The van der Waals surface area contributed by atoms with Crippen molar-refractivity contribution in [2.24, 2.45) is 5.73 Å². The SMILES string of the molecule is COC[C@@H](N)c1cncnc1. The number of nitrogens with zero attached hydrogens (tertiary/aromatic N) is 2. The summed E-state index contributed by atoms with van der Waals surface area (Å²) in [7, 11) is 1.61. The number of hydrogen-bond acceptors (Lipinski definition) is 4. The summed E-state index contributed by atoms with van der Waals surface area (Å²) in [4.78, 5) is 7.68. The number of methoxy groups -OCH3 is 1. The highest BCUT2D eigenvalue weighted by Crippen LogP contribution is 2.05. The third kappa shape index (κ3) is 2.25. The van der Waals surface area contributed by atoms with E-state index in [4.69, 9.17) is 10.5 Å². The molecule has 0 aliphatic rings. The molecule has 0 amide bonds. The normalized spacial score (nSPS) is 12.9. The van der Waals surface area contributed by atoms with Crippen LogP contribution in [0.15, 0.2) is 18.7 Å². The van der Waals surface area contributed by atoms with Crippen LogP contribution in [0, 0.1) is 0 Å². The average molecular weight is 153 g/mol. The van der Waals surface area contributed by atoms with Crippen LogP contribution in [0.2, 0.25) is 0 Å². The predicted molar refractivity (Wildman–Crippen MR) is 40.8 cm³/mol. The predicted octanol–water partition coefficient (Wildman–Crippen LogP) is 0.123. The maximum Gasteiger partial charge on any atom is 0.115 e. The van der Waals surface area contributed by atoms with Crippen molar-refractivity contribution < 1.29 is 4.74 Å². The van der Waals surface area contributed by atoms with E-state index in [-0.39, 0.29) is 6.04 Å². The van der Waals surface area contributed by atoms with Crippen LogP contribution in [0.3, 0.4) is 0 Å².